The van der Waals surface area contributed by atoms with Gasteiger partial charge in [-0.1, -0.05) is 29.4 Å². The fraction of sp³-hybridized carbons (Fsp3) is 0.571. The first-order valence-electron chi connectivity index (χ1n) is 6.17. The maximum absolute atomic E-state index is 11.9. The molecule has 0 aromatic rings. The van der Waals surface area contributed by atoms with E-state index in [1.54, 1.807) is 6.92 Å². The quantitative estimate of drug-likeness (QED) is 0.582. The van der Waals surface area contributed by atoms with E-state index in [2.05, 4.69) is 29.4 Å². The van der Waals surface area contributed by atoms with Crippen LogP contribution in [0.2, 0.25) is 0 Å². The second kappa shape index (κ2) is 3.56. The third-order valence-corrected chi connectivity index (χ3v) is 5.84. The number of hydrogen-bond donors (Lipinski definition) is 0. The Morgan fingerprint density at radius 1 is 1.50 bits per heavy atom. The fourth-order valence-corrected chi connectivity index (χ4v) is 3.73. The van der Waals surface area contributed by atoms with Crippen LogP contribution in [0.25, 0.3) is 0 Å². The van der Waals surface area contributed by atoms with Gasteiger partial charge in [-0.05, 0) is 31.3 Å². The summed E-state index contributed by atoms with van der Waals surface area (Å²) in [6.45, 7) is 7.78. The molecule has 96 valence electrons. The van der Waals surface area contributed by atoms with Gasteiger partial charge in [0.15, 0.2) is 5.78 Å². The van der Waals surface area contributed by atoms with Crippen LogP contribution in [0.15, 0.2) is 22.2 Å². The number of ketones is 1. The zero-order chi connectivity index (χ0) is 13.2. The fourth-order valence-electron chi connectivity index (χ4n) is 3.32. The smallest absolute Gasteiger partial charge is 0.335 e. The van der Waals surface area contributed by atoms with E-state index in [1.165, 1.54) is 0 Å². The molecule has 3 nitrogen and oxygen atoms in total. The minimum Gasteiger partial charge on any atom is -0.454 e. The summed E-state index contributed by atoms with van der Waals surface area (Å²) in [5, 5.41) is 0. The van der Waals surface area contributed by atoms with Gasteiger partial charge in [0.05, 0.1) is 0 Å². The van der Waals surface area contributed by atoms with E-state index in [-0.39, 0.29) is 29.2 Å². The summed E-state index contributed by atoms with van der Waals surface area (Å²) in [4.78, 5) is 23.4. The first-order valence-corrected chi connectivity index (χ1v) is 6.96. The predicted molar refractivity (Wildman–Crippen MR) is 70.0 cm³/mol. The minimum atomic E-state index is -0.266. The molecule has 4 atom stereocenters. The number of rotatable bonds is 2. The molecule has 0 amide bonds. The van der Waals surface area contributed by atoms with Crippen molar-refractivity contribution in [2.45, 2.75) is 32.8 Å². The van der Waals surface area contributed by atoms with Crippen molar-refractivity contribution < 1.29 is 14.3 Å². The molecule has 0 spiro atoms. The van der Waals surface area contributed by atoms with Crippen molar-refractivity contribution >= 4 is 27.7 Å². The Balaban J connectivity index is 1.84. The van der Waals surface area contributed by atoms with Crippen molar-refractivity contribution in [2.24, 2.45) is 17.3 Å². The molecule has 0 saturated heterocycles. The highest BCUT2D eigenvalue weighted by Gasteiger charge is 2.63. The number of hydrogen-bond acceptors (Lipinski definition) is 3. The molecule has 0 unspecified atom stereocenters. The maximum atomic E-state index is 11.9. The van der Waals surface area contributed by atoms with Crippen molar-refractivity contribution in [1.82, 2.24) is 0 Å². The van der Waals surface area contributed by atoms with Gasteiger partial charge >= 0.3 is 5.97 Å². The van der Waals surface area contributed by atoms with Crippen LogP contribution in [0.5, 0.6) is 0 Å². The van der Waals surface area contributed by atoms with Crippen molar-refractivity contribution in [3.05, 3.63) is 22.2 Å². The largest absolute Gasteiger partial charge is 0.454 e. The molecular formula is C14H15BrO3. The topological polar surface area (TPSA) is 43.4 Å². The average molecular weight is 311 g/mol. The summed E-state index contributed by atoms with van der Waals surface area (Å²) in [6.07, 6.45) is 1.36. The molecule has 1 heterocycles. The highest BCUT2D eigenvalue weighted by Crippen LogP contribution is 2.64. The molecular weight excluding hydrogens is 296 g/mol. The molecule has 18 heavy (non-hydrogen) atoms. The molecule has 3 rings (SSSR count). The first kappa shape index (κ1) is 12.2. The Hall–Kier alpha value is -0.900. The van der Waals surface area contributed by atoms with E-state index < -0.39 is 0 Å². The molecule has 3 aliphatic rings. The molecule has 0 aromatic heterocycles. The molecule has 0 bridgehead atoms. The molecule has 2 aliphatic carbocycles. The third kappa shape index (κ3) is 1.41. The van der Waals surface area contributed by atoms with Gasteiger partial charge in [0, 0.05) is 21.4 Å². The lowest BCUT2D eigenvalue weighted by Crippen LogP contribution is -2.27. The molecule has 2 saturated carbocycles. The standard InChI is InChI=1S/C14H15BrO3/c1-6-11(15)10(18-13(6)17)5-14(3)7(2)12(16)8-4-9(8)14/h8-10H,2,4-5H2,1,3H3/t8-,9+,10+,14-/m0/s1. The highest BCUT2D eigenvalue weighted by atomic mass is 79.9. The highest BCUT2D eigenvalue weighted by molar-refractivity contribution is 9.11. The predicted octanol–water partition coefficient (Wildman–Crippen LogP) is 2.75. The van der Waals surface area contributed by atoms with Crippen molar-refractivity contribution in [2.75, 3.05) is 0 Å². The Morgan fingerprint density at radius 2 is 2.17 bits per heavy atom. The average Bonchev–Trinajstić information content (AvgIpc) is 3.06. The number of carbonyl (C=O) groups is 2. The number of halogens is 1. The van der Waals surface area contributed by atoms with Crippen LogP contribution in [0, 0.1) is 17.3 Å². The van der Waals surface area contributed by atoms with Crippen molar-refractivity contribution in [1.29, 1.82) is 0 Å². The number of ether oxygens (including phenoxy) is 1. The van der Waals surface area contributed by atoms with Crippen LogP contribution in [0.3, 0.4) is 0 Å². The Bertz CT molecular complexity index is 519. The second-order valence-corrected chi connectivity index (χ2v) is 6.63. The number of esters is 1. The maximum Gasteiger partial charge on any atom is 0.335 e. The summed E-state index contributed by atoms with van der Waals surface area (Å²) in [7, 11) is 0. The molecule has 4 heteroatoms. The number of cyclic esters (lactones) is 1. The first-order chi connectivity index (χ1) is 8.36. The number of Topliss-reactive ketones (excluding diaryl/α,β-unsaturated/α-hetero) is 1. The van der Waals surface area contributed by atoms with Gasteiger partial charge in [-0.3, -0.25) is 4.79 Å². The van der Waals surface area contributed by atoms with E-state index >= 15 is 0 Å². The van der Waals surface area contributed by atoms with Gasteiger partial charge in [0.25, 0.3) is 0 Å². The Morgan fingerprint density at radius 3 is 2.61 bits per heavy atom. The van der Waals surface area contributed by atoms with Crippen molar-refractivity contribution in [3.63, 3.8) is 0 Å². The summed E-state index contributed by atoms with van der Waals surface area (Å²) in [5.41, 5.74) is 1.13. The zero-order valence-electron chi connectivity index (χ0n) is 10.5. The van der Waals surface area contributed by atoms with Crippen LogP contribution in [-0.4, -0.2) is 17.9 Å². The van der Waals surface area contributed by atoms with Gasteiger partial charge < -0.3 is 4.74 Å². The number of fused-ring (bicyclic) bond motifs is 1. The van der Waals surface area contributed by atoms with Crippen LogP contribution in [-0.2, 0) is 14.3 Å². The molecule has 0 N–H and O–H groups in total. The van der Waals surface area contributed by atoms with Crippen LogP contribution < -0.4 is 0 Å². The lowest BCUT2D eigenvalue weighted by atomic mass is 9.76. The summed E-state index contributed by atoms with van der Waals surface area (Å²) in [5.74, 6) is 0.530. The van der Waals surface area contributed by atoms with E-state index in [0.29, 0.717) is 23.5 Å². The van der Waals surface area contributed by atoms with Gasteiger partial charge in [0.1, 0.15) is 6.10 Å². The van der Waals surface area contributed by atoms with E-state index in [0.717, 1.165) is 10.9 Å². The lowest BCUT2D eigenvalue weighted by molar-refractivity contribution is -0.140. The molecule has 0 radical (unpaired) electrons. The summed E-state index contributed by atoms with van der Waals surface area (Å²) < 4.78 is 6.17. The lowest BCUT2D eigenvalue weighted by Gasteiger charge is -2.29. The second-order valence-electron chi connectivity index (χ2n) is 5.78. The van der Waals surface area contributed by atoms with Crippen molar-refractivity contribution in [3.8, 4) is 0 Å². The molecule has 1 aliphatic heterocycles. The Kier molecular flexibility index (Phi) is 2.40. The monoisotopic (exact) mass is 310 g/mol. The van der Waals surface area contributed by atoms with E-state index in [4.69, 9.17) is 4.74 Å². The molecule has 0 aromatic carbocycles. The van der Waals surface area contributed by atoms with Gasteiger partial charge in [-0.25, -0.2) is 4.79 Å². The third-order valence-electron chi connectivity index (χ3n) is 4.74. The SMILES string of the molecule is C=C1C(=O)[C@H]2C[C@H]2[C@@]1(C)C[C@H]1OC(=O)C(C)=C1Br. The summed E-state index contributed by atoms with van der Waals surface area (Å²) in [6, 6.07) is 0. The van der Waals surface area contributed by atoms with Crippen LogP contribution in [0.4, 0.5) is 0 Å². The van der Waals surface area contributed by atoms with E-state index in [1.807, 2.05) is 0 Å². The number of carbonyl (C=O) groups excluding carboxylic acids is 2. The van der Waals surface area contributed by atoms with Crippen LogP contribution in [0.1, 0.15) is 26.7 Å². The Labute approximate surface area is 114 Å². The molecule has 2 fully saturated rings. The van der Waals surface area contributed by atoms with Gasteiger partial charge in [-0.2, -0.15) is 0 Å². The number of allylic oxidation sites excluding steroid dienone is 1. The van der Waals surface area contributed by atoms with Crippen LogP contribution >= 0.6 is 15.9 Å². The van der Waals surface area contributed by atoms with Gasteiger partial charge in [0.2, 0.25) is 0 Å². The summed E-state index contributed by atoms with van der Waals surface area (Å²) >= 11 is 3.43. The normalized spacial score (nSPS) is 42.4. The minimum absolute atomic E-state index is 0.184. The van der Waals surface area contributed by atoms with E-state index in [9.17, 15) is 9.59 Å². The zero-order valence-corrected chi connectivity index (χ0v) is 12.0. The van der Waals surface area contributed by atoms with Gasteiger partial charge in [-0.15, -0.1) is 0 Å².